The Balaban J connectivity index is 2.73. The highest BCUT2D eigenvalue weighted by molar-refractivity contribution is 5.94. The van der Waals surface area contributed by atoms with Gasteiger partial charge in [-0.15, -0.1) is 0 Å². The van der Waals surface area contributed by atoms with Gasteiger partial charge in [0.15, 0.2) is 0 Å². The van der Waals surface area contributed by atoms with Crippen molar-refractivity contribution in [3.8, 4) is 0 Å². The van der Waals surface area contributed by atoms with Gasteiger partial charge in [0, 0.05) is 17.4 Å². The van der Waals surface area contributed by atoms with E-state index in [1.165, 1.54) is 5.56 Å². The molecule has 84 valence electrons. The second-order valence-corrected chi connectivity index (χ2v) is 3.83. The quantitative estimate of drug-likeness (QED) is 0.858. The minimum absolute atomic E-state index is 0.366. The topological polar surface area (TPSA) is 42.2 Å². The van der Waals surface area contributed by atoms with Gasteiger partial charge in [0.05, 0.1) is 0 Å². The van der Waals surface area contributed by atoms with E-state index in [1.54, 1.807) is 6.07 Å². The molecule has 3 heteroatoms. The van der Waals surface area contributed by atoms with Crippen molar-refractivity contribution in [2.75, 3.05) is 0 Å². The first-order valence-corrected chi connectivity index (χ1v) is 5.52. The van der Waals surface area contributed by atoms with Crippen molar-refractivity contribution in [2.45, 2.75) is 26.8 Å². The monoisotopic (exact) mass is 217 g/mol. The first kappa shape index (κ1) is 10.7. The number of carbonyl (C=O) groups is 1. The smallest absolute Gasteiger partial charge is 0.352 e. The molecule has 0 amide bonds. The first-order valence-electron chi connectivity index (χ1n) is 5.52. The lowest BCUT2D eigenvalue weighted by molar-refractivity contribution is 0.0686. The molecule has 0 radical (unpaired) electrons. The molecule has 2 aromatic rings. The Hall–Kier alpha value is -1.77. The van der Waals surface area contributed by atoms with E-state index in [4.69, 9.17) is 5.11 Å². The summed E-state index contributed by atoms with van der Waals surface area (Å²) in [6.07, 6.45) is 0.966. The first-order chi connectivity index (χ1) is 7.67. The van der Waals surface area contributed by atoms with Crippen LogP contribution in [0.4, 0.5) is 0 Å². The van der Waals surface area contributed by atoms with Gasteiger partial charge in [0.2, 0.25) is 0 Å². The van der Waals surface area contributed by atoms with Crippen LogP contribution in [0.2, 0.25) is 0 Å². The fourth-order valence-corrected chi connectivity index (χ4v) is 2.04. The third kappa shape index (κ3) is 1.58. The summed E-state index contributed by atoms with van der Waals surface area (Å²) in [7, 11) is 0. The summed E-state index contributed by atoms with van der Waals surface area (Å²) in [5.41, 5.74) is 2.61. The second kappa shape index (κ2) is 4.00. The Bertz CT molecular complexity index is 540. The molecule has 0 saturated carbocycles. The van der Waals surface area contributed by atoms with Gasteiger partial charge < -0.3 is 9.67 Å². The van der Waals surface area contributed by atoms with Crippen molar-refractivity contribution in [2.24, 2.45) is 0 Å². The molecule has 0 spiro atoms. The SMILES string of the molecule is CCc1ccc2cc(C(=O)O)n(CC)c2c1. The van der Waals surface area contributed by atoms with Crippen molar-refractivity contribution >= 4 is 16.9 Å². The molecule has 1 N–H and O–H groups in total. The number of aryl methyl sites for hydroxylation is 2. The lowest BCUT2D eigenvalue weighted by atomic mass is 10.1. The molecule has 1 aromatic heterocycles. The summed E-state index contributed by atoms with van der Waals surface area (Å²) in [4.78, 5) is 11.1. The zero-order chi connectivity index (χ0) is 11.7. The zero-order valence-corrected chi connectivity index (χ0v) is 9.53. The van der Waals surface area contributed by atoms with E-state index in [2.05, 4.69) is 13.0 Å². The summed E-state index contributed by atoms with van der Waals surface area (Å²) < 4.78 is 1.84. The minimum Gasteiger partial charge on any atom is -0.477 e. The number of hydrogen-bond donors (Lipinski definition) is 1. The predicted molar refractivity (Wildman–Crippen MR) is 63.9 cm³/mol. The zero-order valence-electron chi connectivity index (χ0n) is 9.53. The minimum atomic E-state index is -0.865. The Labute approximate surface area is 94.3 Å². The van der Waals surface area contributed by atoms with Gasteiger partial charge in [-0.3, -0.25) is 0 Å². The molecule has 2 rings (SSSR count). The molecule has 0 fully saturated rings. The van der Waals surface area contributed by atoms with Gasteiger partial charge in [-0.2, -0.15) is 0 Å². The summed E-state index contributed by atoms with van der Waals surface area (Å²) >= 11 is 0. The summed E-state index contributed by atoms with van der Waals surface area (Å²) in [5.74, 6) is -0.865. The Kier molecular flexibility index (Phi) is 2.69. The lowest BCUT2D eigenvalue weighted by Crippen LogP contribution is -2.06. The van der Waals surface area contributed by atoms with Crippen LogP contribution in [0.1, 0.15) is 29.9 Å². The molecule has 0 atom stereocenters. The molecule has 0 aliphatic carbocycles. The maximum absolute atomic E-state index is 11.1. The van der Waals surface area contributed by atoms with E-state index in [0.29, 0.717) is 12.2 Å². The Morgan fingerprint density at radius 1 is 1.31 bits per heavy atom. The van der Waals surface area contributed by atoms with E-state index in [9.17, 15) is 4.79 Å². The number of rotatable bonds is 3. The van der Waals surface area contributed by atoms with E-state index in [0.717, 1.165) is 17.3 Å². The largest absolute Gasteiger partial charge is 0.477 e. The number of hydrogen-bond acceptors (Lipinski definition) is 1. The molecule has 0 saturated heterocycles. The highest BCUT2D eigenvalue weighted by Crippen LogP contribution is 2.21. The van der Waals surface area contributed by atoms with Gasteiger partial charge >= 0.3 is 5.97 Å². The highest BCUT2D eigenvalue weighted by atomic mass is 16.4. The van der Waals surface area contributed by atoms with Crippen LogP contribution in [0.3, 0.4) is 0 Å². The van der Waals surface area contributed by atoms with Crippen molar-refractivity contribution in [3.05, 3.63) is 35.5 Å². The number of carboxylic acid groups (broad SMARTS) is 1. The number of aromatic nitrogens is 1. The number of nitrogens with zero attached hydrogens (tertiary/aromatic N) is 1. The molecule has 1 aromatic carbocycles. The number of aromatic carboxylic acids is 1. The Morgan fingerprint density at radius 2 is 2.06 bits per heavy atom. The van der Waals surface area contributed by atoms with Gasteiger partial charge in [-0.1, -0.05) is 19.1 Å². The van der Waals surface area contributed by atoms with Crippen LogP contribution in [-0.4, -0.2) is 15.6 Å². The maximum Gasteiger partial charge on any atom is 0.352 e. The van der Waals surface area contributed by atoms with Crippen LogP contribution in [0.15, 0.2) is 24.3 Å². The molecule has 0 bridgehead atoms. The summed E-state index contributed by atoms with van der Waals surface area (Å²) in [5, 5.41) is 10.1. The van der Waals surface area contributed by atoms with Crippen LogP contribution < -0.4 is 0 Å². The number of fused-ring (bicyclic) bond motifs is 1. The fraction of sp³-hybridized carbons (Fsp3) is 0.308. The van der Waals surface area contributed by atoms with Gasteiger partial charge in [-0.25, -0.2) is 4.79 Å². The number of benzene rings is 1. The fourth-order valence-electron chi connectivity index (χ4n) is 2.04. The molecule has 0 aliphatic rings. The van der Waals surface area contributed by atoms with E-state index in [-0.39, 0.29) is 0 Å². The van der Waals surface area contributed by atoms with Crippen LogP contribution in [0.25, 0.3) is 10.9 Å². The molecular formula is C13H15NO2. The van der Waals surface area contributed by atoms with Crippen molar-refractivity contribution in [3.63, 3.8) is 0 Å². The molecular weight excluding hydrogens is 202 g/mol. The summed E-state index contributed by atoms with van der Waals surface area (Å²) in [6.45, 7) is 4.74. The van der Waals surface area contributed by atoms with E-state index < -0.39 is 5.97 Å². The second-order valence-electron chi connectivity index (χ2n) is 3.83. The molecule has 0 unspecified atom stereocenters. The maximum atomic E-state index is 11.1. The third-order valence-corrected chi connectivity index (χ3v) is 2.91. The van der Waals surface area contributed by atoms with E-state index >= 15 is 0 Å². The van der Waals surface area contributed by atoms with Crippen molar-refractivity contribution < 1.29 is 9.90 Å². The Morgan fingerprint density at radius 3 is 2.62 bits per heavy atom. The van der Waals surface area contributed by atoms with Gasteiger partial charge in [0.25, 0.3) is 0 Å². The molecule has 16 heavy (non-hydrogen) atoms. The van der Waals surface area contributed by atoms with Crippen LogP contribution in [0.5, 0.6) is 0 Å². The normalized spacial score (nSPS) is 10.9. The van der Waals surface area contributed by atoms with E-state index in [1.807, 2.05) is 23.6 Å². The summed E-state index contributed by atoms with van der Waals surface area (Å²) in [6, 6.07) is 7.85. The number of carboxylic acids is 1. The predicted octanol–water partition coefficient (Wildman–Crippen LogP) is 2.92. The highest BCUT2D eigenvalue weighted by Gasteiger charge is 2.13. The lowest BCUT2D eigenvalue weighted by Gasteiger charge is -2.05. The van der Waals surface area contributed by atoms with Crippen molar-refractivity contribution in [1.29, 1.82) is 0 Å². The van der Waals surface area contributed by atoms with Gasteiger partial charge in [-0.05, 0) is 31.0 Å². The average molecular weight is 217 g/mol. The van der Waals surface area contributed by atoms with Crippen LogP contribution in [-0.2, 0) is 13.0 Å². The van der Waals surface area contributed by atoms with Crippen molar-refractivity contribution in [1.82, 2.24) is 4.57 Å². The standard InChI is InChI=1S/C13H15NO2/c1-3-9-5-6-10-8-12(13(15)16)14(4-2)11(10)7-9/h5-8H,3-4H2,1-2H3,(H,15,16). The average Bonchev–Trinajstić information content (AvgIpc) is 2.66. The molecule has 3 nitrogen and oxygen atoms in total. The molecule has 0 aliphatic heterocycles. The third-order valence-electron chi connectivity index (χ3n) is 2.91. The van der Waals surface area contributed by atoms with Crippen LogP contribution in [0, 0.1) is 0 Å². The molecule has 1 heterocycles. The van der Waals surface area contributed by atoms with Gasteiger partial charge in [0.1, 0.15) is 5.69 Å². The van der Waals surface area contributed by atoms with Crippen LogP contribution >= 0.6 is 0 Å².